The summed E-state index contributed by atoms with van der Waals surface area (Å²) in [6, 6.07) is 6.22. The van der Waals surface area contributed by atoms with Gasteiger partial charge in [-0.1, -0.05) is 60.3 Å². The first kappa shape index (κ1) is 36.1. The van der Waals surface area contributed by atoms with Crippen LogP contribution in [0.1, 0.15) is 22.3 Å². The maximum atomic E-state index is 14.0. The number of nitrogens with zero attached hydrogens (tertiary/aromatic N) is 2. The van der Waals surface area contributed by atoms with Gasteiger partial charge in [0.25, 0.3) is 0 Å². The van der Waals surface area contributed by atoms with Gasteiger partial charge in [-0.3, -0.25) is 18.9 Å². The average molecular weight is 688 g/mol. The number of thioether (sulfide) groups is 1. The molecule has 46 heavy (non-hydrogen) atoms. The summed E-state index contributed by atoms with van der Waals surface area (Å²) in [5, 5.41) is 13.8. The molecule has 7 N–H and O–H groups in total. The number of alkyl halides is 4. The van der Waals surface area contributed by atoms with Gasteiger partial charge in [0.2, 0.25) is 17.7 Å². The lowest BCUT2D eigenvalue weighted by molar-refractivity contribution is -0.166. The summed E-state index contributed by atoms with van der Waals surface area (Å²) < 4.78 is 66.9. The molecule has 1 aromatic heterocycles. The molecule has 0 aliphatic rings. The summed E-state index contributed by atoms with van der Waals surface area (Å²) in [5.74, 6) is -9.47. The van der Waals surface area contributed by atoms with Crippen LogP contribution < -0.4 is 16.4 Å². The van der Waals surface area contributed by atoms with Gasteiger partial charge in [-0.2, -0.15) is 17.6 Å². The van der Waals surface area contributed by atoms with Crippen molar-refractivity contribution >= 4 is 43.0 Å². The minimum absolute atomic E-state index is 0.171. The molecule has 3 rings (SSSR count). The topological polar surface area (TPSA) is 222 Å². The highest BCUT2D eigenvalue weighted by atomic mass is 32.2. The smallest absolute Gasteiger partial charge is 0.399 e. The number of benzene rings is 2. The Morgan fingerprint density at radius 1 is 0.848 bits per heavy atom. The largest absolute Gasteiger partial charge is 0.477 e. The van der Waals surface area contributed by atoms with Crippen molar-refractivity contribution in [3.05, 3.63) is 89.2 Å². The van der Waals surface area contributed by atoms with Gasteiger partial charge in [0, 0.05) is 36.4 Å². The number of carbonyl (C=O) groups excluding carboxylic acids is 3. The number of carboxylic acids is 1. The van der Waals surface area contributed by atoms with Crippen molar-refractivity contribution < 1.29 is 56.2 Å². The van der Waals surface area contributed by atoms with Crippen LogP contribution in [0.15, 0.2) is 72.1 Å². The monoisotopic (exact) mass is 687 g/mol. The molecule has 0 radical (unpaired) electrons. The molecule has 0 aliphatic carbocycles. The van der Waals surface area contributed by atoms with Crippen molar-refractivity contribution in [2.75, 3.05) is 5.75 Å². The van der Waals surface area contributed by atoms with Crippen LogP contribution in [0.5, 0.6) is 0 Å². The Bertz CT molecular complexity index is 1610. The molecule has 0 saturated carbocycles. The molecule has 13 nitrogen and oxygen atoms in total. The van der Waals surface area contributed by atoms with Gasteiger partial charge in [0.1, 0.15) is 12.1 Å². The first-order valence-corrected chi connectivity index (χ1v) is 15.5. The highest BCUT2D eigenvalue weighted by Crippen LogP contribution is 2.59. The van der Waals surface area contributed by atoms with Crippen LogP contribution in [-0.2, 0) is 48.2 Å². The highest BCUT2D eigenvalue weighted by Gasteiger charge is 2.50. The molecule has 0 fully saturated rings. The van der Waals surface area contributed by atoms with E-state index in [1.165, 1.54) is 12.4 Å². The van der Waals surface area contributed by atoms with E-state index >= 15 is 0 Å². The first-order chi connectivity index (χ1) is 21.4. The number of nitrogens with one attached hydrogen (secondary N) is 2. The molecule has 246 valence electrons. The highest BCUT2D eigenvalue weighted by molar-refractivity contribution is 7.99. The molecule has 0 aliphatic heterocycles. The maximum absolute atomic E-state index is 14.0. The van der Waals surface area contributed by atoms with E-state index in [1.54, 1.807) is 6.07 Å². The summed E-state index contributed by atoms with van der Waals surface area (Å²) in [7, 11) is -5.83. The van der Waals surface area contributed by atoms with E-state index in [4.69, 9.17) is 20.6 Å². The number of amides is 3. The second kappa shape index (κ2) is 14.8. The van der Waals surface area contributed by atoms with E-state index in [0.29, 0.717) is 0 Å². The zero-order chi connectivity index (χ0) is 34.3. The average Bonchev–Trinajstić information content (AvgIpc) is 2.99. The Labute approximate surface area is 262 Å². The van der Waals surface area contributed by atoms with Gasteiger partial charge >= 0.3 is 25.2 Å². The van der Waals surface area contributed by atoms with Crippen molar-refractivity contribution in [1.29, 1.82) is 0 Å². The van der Waals surface area contributed by atoms with Crippen molar-refractivity contribution in [3.63, 3.8) is 0 Å². The molecular weight excluding hydrogens is 661 g/mol. The molecule has 2 unspecified atom stereocenters. The predicted octanol–water partition coefficient (Wildman–Crippen LogP) is 1.91. The quantitative estimate of drug-likeness (QED) is 0.0586. The lowest BCUT2D eigenvalue weighted by Crippen LogP contribution is -2.54. The predicted molar refractivity (Wildman–Crippen MR) is 154 cm³/mol. The molecule has 1 heterocycles. The van der Waals surface area contributed by atoms with E-state index in [2.05, 4.69) is 20.6 Å². The number of carboxylic acid groups (broad SMARTS) is 1. The molecule has 2 atom stereocenters. The fraction of sp³-hybridized carbons (Fsp3) is 0.259. The van der Waals surface area contributed by atoms with Crippen LogP contribution in [0.25, 0.3) is 0 Å². The summed E-state index contributed by atoms with van der Waals surface area (Å²) >= 11 is 0.939. The Hall–Kier alpha value is -4.38. The Morgan fingerprint density at radius 3 is 1.83 bits per heavy atom. The normalized spacial score (nSPS) is 13.3. The number of nitrogens with two attached hydrogens (primary N) is 1. The van der Waals surface area contributed by atoms with Crippen molar-refractivity contribution in [3.8, 4) is 0 Å². The zero-order valence-electron chi connectivity index (χ0n) is 23.3. The van der Waals surface area contributed by atoms with Crippen LogP contribution in [0.3, 0.4) is 0 Å². The lowest BCUT2D eigenvalue weighted by Gasteiger charge is -2.23. The van der Waals surface area contributed by atoms with Crippen molar-refractivity contribution in [2.45, 2.75) is 41.7 Å². The Morgan fingerprint density at radius 2 is 1.35 bits per heavy atom. The third-order valence-electron chi connectivity index (χ3n) is 6.32. The summed E-state index contributed by atoms with van der Waals surface area (Å²) in [5.41, 5.74) is -0.456. The fourth-order valence-corrected chi connectivity index (χ4v) is 4.98. The van der Waals surface area contributed by atoms with Crippen LogP contribution in [0.4, 0.5) is 17.6 Å². The van der Waals surface area contributed by atoms with Gasteiger partial charge in [-0.15, -0.1) is 0 Å². The standard InChI is InChI=1S/C27H26F4N5O8PS/c28-26(29,24(40)41)17-6-2-16(3-7-17)13-20(35-21(37)14-46-25-33-10-1-11-34-25)23(39)36-19(22(32)38)12-15-4-8-18(9-5-15)27(30,31)45(42,43)44/h1-11,19-20H,12-14H2,(H2,32,38)(H,35,37)(H,36,39)(H,40,41)(H2,42,43,44). The molecule has 3 amide bonds. The SMILES string of the molecule is NC(=O)C(Cc1ccc(C(F)(F)P(=O)(O)O)cc1)NC(=O)C(Cc1ccc(C(F)(F)C(=O)O)cc1)NC(=O)CSc1ncccn1. The second-order valence-electron chi connectivity index (χ2n) is 9.67. The summed E-state index contributed by atoms with van der Waals surface area (Å²) in [6.07, 6.45) is 2.24. The van der Waals surface area contributed by atoms with Gasteiger partial charge < -0.3 is 31.3 Å². The number of hydrogen-bond donors (Lipinski definition) is 6. The first-order valence-electron chi connectivity index (χ1n) is 12.9. The second-order valence-corrected chi connectivity index (χ2v) is 12.3. The zero-order valence-corrected chi connectivity index (χ0v) is 25.1. The fourth-order valence-electron chi connectivity index (χ4n) is 3.88. The van der Waals surface area contributed by atoms with E-state index in [0.717, 1.165) is 60.3 Å². The van der Waals surface area contributed by atoms with Gasteiger partial charge in [-0.25, -0.2) is 14.8 Å². The van der Waals surface area contributed by atoms with Gasteiger partial charge in [0.15, 0.2) is 5.16 Å². The lowest BCUT2D eigenvalue weighted by atomic mass is 10.00. The molecule has 3 aromatic rings. The number of aliphatic carboxylic acids is 1. The van der Waals surface area contributed by atoms with Crippen molar-refractivity contribution in [1.82, 2.24) is 20.6 Å². The van der Waals surface area contributed by atoms with E-state index in [1.807, 2.05) is 0 Å². The third-order valence-corrected chi connectivity index (χ3v) is 8.18. The minimum Gasteiger partial charge on any atom is -0.477 e. The number of aromatic nitrogens is 2. The van der Waals surface area contributed by atoms with Crippen LogP contribution in [0, 0.1) is 0 Å². The van der Waals surface area contributed by atoms with Gasteiger partial charge in [-0.05, 0) is 17.2 Å². The van der Waals surface area contributed by atoms with Crippen LogP contribution in [-0.4, -0.2) is 66.4 Å². The molecular formula is C27H26F4N5O8PS. The molecule has 0 bridgehead atoms. The third kappa shape index (κ3) is 9.32. The maximum Gasteiger partial charge on any atom is 0.399 e. The summed E-state index contributed by atoms with van der Waals surface area (Å²) in [4.78, 5) is 74.9. The van der Waals surface area contributed by atoms with Crippen LogP contribution in [0.2, 0.25) is 0 Å². The van der Waals surface area contributed by atoms with E-state index in [9.17, 15) is 41.3 Å². The molecule has 0 saturated heterocycles. The molecule has 2 aromatic carbocycles. The molecule has 0 spiro atoms. The number of hydrogen-bond acceptors (Lipinski definition) is 8. The van der Waals surface area contributed by atoms with Crippen LogP contribution >= 0.6 is 19.4 Å². The number of rotatable bonds is 15. The van der Waals surface area contributed by atoms with E-state index in [-0.39, 0.29) is 34.9 Å². The van der Waals surface area contributed by atoms with Gasteiger partial charge in [0.05, 0.1) is 5.75 Å². The summed E-state index contributed by atoms with van der Waals surface area (Å²) in [6.45, 7) is 0. The van der Waals surface area contributed by atoms with E-state index < -0.39 is 66.1 Å². The Balaban J connectivity index is 1.79. The number of halogens is 4. The Kier molecular flexibility index (Phi) is 11.6. The number of primary amides is 1. The number of carbonyl (C=O) groups is 4. The minimum atomic E-state index is -5.83. The molecule has 19 heteroatoms. The van der Waals surface area contributed by atoms with Crippen molar-refractivity contribution in [2.24, 2.45) is 5.73 Å².